The minimum atomic E-state index is -4.69. The van der Waals surface area contributed by atoms with Crippen LogP contribution in [0.15, 0.2) is 40.5 Å². The van der Waals surface area contributed by atoms with E-state index in [0.29, 0.717) is 28.7 Å². The highest BCUT2D eigenvalue weighted by molar-refractivity contribution is 7.99. The van der Waals surface area contributed by atoms with Crippen LogP contribution in [0, 0.1) is 5.92 Å². The van der Waals surface area contributed by atoms with E-state index < -0.39 is 38.9 Å². The van der Waals surface area contributed by atoms with Gasteiger partial charge in [0, 0.05) is 11.4 Å². The minimum absolute atomic E-state index is 0.00608. The summed E-state index contributed by atoms with van der Waals surface area (Å²) in [5, 5.41) is 0.497. The molecule has 7 nitrogen and oxygen atoms in total. The first-order valence-corrected chi connectivity index (χ1v) is 13.8. The number of ether oxygens (including phenoxy) is 2. The zero-order chi connectivity index (χ0) is 27.2. The lowest BCUT2D eigenvalue weighted by atomic mass is 10.2. The molecule has 0 amide bonds. The van der Waals surface area contributed by atoms with Crippen LogP contribution in [0.25, 0.3) is 11.2 Å². The first-order chi connectivity index (χ1) is 17.3. The van der Waals surface area contributed by atoms with Crippen molar-refractivity contribution in [2.24, 2.45) is 5.92 Å². The second-order valence-electron chi connectivity index (χ2n) is 8.53. The highest BCUT2D eigenvalue weighted by Crippen LogP contribution is 2.45. The van der Waals surface area contributed by atoms with E-state index in [0.717, 1.165) is 10.6 Å². The molecule has 1 aromatic carbocycles. The molecule has 2 heterocycles. The Bertz CT molecular complexity index is 1140. The molecule has 0 saturated heterocycles. The van der Waals surface area contributed by atoms with E-state index >= 15 is 0 Å². The van der Waals surface area contributed by atoms with Crippen LogP contribution in [0.4, 0.5) is 32.3 Å². The number of benzene rings is 1. The molecular formula is C22H26F6N5O2PS. The van der Waals surface area contributed by atoms with Gasteiger partial charge in [0.1, 0.15) is 16.3 Å². The summed E-state index contributed by atoms with van der Waals surface area (Å²) >= 11 is 1.32. The Morgan fingerprint density at radius 1 is 1.03 bits per heavy atom. The molecule has 0 radical (unpaired) electrons. The molecule has 0 aliphatic carbocycles. The van der Waals surface area contributed by atoms with Gasteiger partial charge in [0.05, 0.1) is 38.2 Å². The van der Waals surface area contributed by atoms with Gasteiger partial charge < -0.3 is 19.8 Å². The van der Waals surface area contributed by atoms with Gasteiger partial charge in [-0.3, -0.25) is 0 Å². The Morgan fingerprint density at radius 3 is 2.27 bits per heavy atom. The third-order valence-corrected chi connectivity index (χ3v) is 7.77. The summed E-state index contributed by atoms with van der Waals surface area (Å²) in [7, 11) is -2.44. The summed E-state index contributed by atoms with van der Waals surface area (Å²) < 4.78 is 88.3. The van der Waals surface area contributed by atoms with Gasteiger partial charge in [-0.1, -0.05) is 33.5 Å². The highest BCUT2D eigenvalue weighted by Gasteiger charge is 2.38. The second-order valence-corrected chi connectivity index (χ2v) is 11.8. The average Bonchev–Trinajstić information content (AvgIpc) is 3.16. The van der Waals surface area contributed by atoms with Gasteiger partial charge in [-0.05, 0) is 30.2 Å². The van der Waals surface area contributed by atoms with E-state index in [-0.39, 0.29) is 19.1 Å². The number of imidazole rings is 1. The summed E-state index contributed by atoms with van der Waals surface area (Å²) in [4.78, 5) is 13.6. The number of alkyl halides is 6. The lowest BCUT2D eigenvalue weighted by molar-refractivity contribution is -0.112. The molecule has 0 spiro atoms. The molecule has 0 fully saturated rings. The third-order valence-electron chi connectivity index (χ3n) is 4.63. The molecule has 0 bridgehead atoms. The van der Waals surface area contributed by atoms with Crippen molar-refractivity contribution in [3.8, 4) is 5.75 Å². The molecular weight excluding hydrogens is 543 g/mol. The van der Waals surface area contributed by atoms with E-state index in [1.54, 1.807) is 4.57 Å². The maximum Gasteiger partial charge on any atom is 0.392 e. The predicted molar refractivity (Wildman–Crippen MR) is 130 cm³/mol. The summed E-state index contributed by atoms with van der Waals surface area (Å²) in [6.45, 7) is 4.70. The van der Waals surface area contributed by atoms with Crippen LogP contribution in [0.2, 0.25) is 0 Å². The number of nitrogens with zero attached hydrogens (tertiary/aromatic N) is 4. The molecule has 0 unspecified atom stereocenters. The number of anilines is 1. The number of halogens is 6. The Balaban J connectivity index is 1.64. The lowest BCUT2D eigenvalue weighted by Gasteiger charge is -2.20. The van der Waals surface area contributed by atoms with Gasteiger partial charge in [0.15, 0.2) is 5.65 Å². The Kier molecular flexibility index (Phi) is 9.87. The number of nitrogens with two attached hydrogens (primary N) is 1. The standard InChI is InChI=1S/C22H26F6N5O2PS/c1-14(2)9-35-15-3-5-16(6-4-15)37-19-17-18(31-20(29)32-19)33(12-30-17)7-8-34-13-36(10-21(23,24)25)11-22(26,27)28/h3-6,12,14H,7-11,13H2,1-2H3,(H2,29,31,32). The van der Waals surface area contributed by atoms with Crippen LogP contribution in [-0.4, -0.2) is 63.8 Å². The summed E-state index contributed by atoms with van der Waals surface area (Å²) in [6, 6.07) is 7.43. The Labute approximate surface area is 214 Å². The molecule has 37 heavy (non-hydrogen) atoms. The first-order valence-electron chi connectivity index (χ1n) is 11.1. The van der Waals surface area contributed by atoms with Gasteiger partial charge in [0.2, 0.25) is 5.95 Å². The van der Waals surface area contributed by atoms with Crippen molar-refractivity contribution in [1.29, 1.82) is 0 Å². The molecule has 3 rings (SSSR count). The van der Waals surface area contributed by atoms with Gasteiger partial charge in [-0.25, -0.2) is 9.97 Å². The van der Waals surface area contributed by atoms with E-state index in [1.165, 1.54) is 18.1 Å². The zero-order valence-electron chi connectivity index (χ0n) is 20.0. The topological polar surface area (TPSA) is 88.1 Å². The van der Waals surface area contributed by atoms with Crippen LogP contribution in [0.3, 0.4) is 0 Å². The molecule has 0 aliphatic rings. The van der Waals surface area contributed by atoms with Crippen LogP contribution in [-0.2, 0) is 11.3 Å². The third kappa shape index (κ3) is 9.82. The average molecular weight is 570 g/mol. The molecule has 15 heteroatoms. The molecule has 0 atom stereocenters. The summed E-state index contributed by atoms with van der Waals surface area (Å²) in [5.41, 5.74) is 6.70. The SMILES string of the molecule is CC(C)COc1ccc(Sc2nc(N)nc3c2ncn3CCOCP(CC(F)(F)F)CC(F)(F)F)cc1. The van der Waals surface area contributed by atoms with Crippen molar-refractivity contribution < 1.29 is 35.8 Å². The predicted octanol–water partition coefficient (Wildman–Crippen LogP) is 6.18. The molecule has 3 aromatic rings. The monoisotopic (exact) mass is 569 g/mol. The zero-order valence-corrected chi connectivity index (χ0v) is 21.7. The number of nitrogen functional groups attached to an aromatic ring is 1. The Hall–Kier alpha value is -2.31. The van der Waals surface area contributed by atoms with Crippen LogP contribution >= 0.6 is 19.7 Å². The molecule has 2 N–H and O–H groups in total. The number of rotatable bonds is 12. The quantitative estimate of drug-likeness (QED) is 0.121. The van der Waals surface area contributed by atoms with Crippen LogP contribution in [0.5, 0.6) is 5.75 Å². The first kappa shape index (κ1) is 29.2. The number of fused-ring (bicyclic) bond motifs is 1. The summed E-state index contributed by atoms with van der Waals surface area (Å²) in [5.74, 6) is 1.13. The summed E-state index contributed by atoms with van der Waals surface area (Å²) in [6.07, 6.45) is -11.6. The lowest BCUT2D eigenvalue weighted by Crippen LogP contribution is -2.22. The van der Waals surface area contributed by atoms with Crippen molar-refractivity contribution in [1.82, 2.24) is 19.5 Å². The fraction of sp³-hybridized carbons (Fsp3) is 0.500. The van der Waals surface area contributed by atoms with Gasteiger partial charge in [-0.15, -0.1) is 0 Å². The second kappa shape index (κ2) is 12.5. The van der Waals surface area contributed by atoms with Crippen molar-refractivity contribution in [3.05, 3.63) is 30.6 Å². The van der Waals surface area contributed by atoms with Gasteiger partial charge in [-0.2, -0.15) is 31.3 Å². The van der Waals surface area contributed by atoms with E-state index in [1.807, 2.05) is 24.3 Å². The maximum absolute atomic E-state index is 12.6. The molecule has 0 saturated carbocycles. The Morgan fingerprint density at radius 2 is 1.68 bits per heavy atom. The fourth-order valence-electron chi connectivity index (χ4n) is 3.16. The number of hydrogen-bond acceptors (Lipinski definition) is 7. The van der Waals surface area contributed by atoms with Crippen molar-refractivity contribution in [2.45, 2.75) is 42.7 Å². The molecule has 2 aromatic heterocycles. The fourth-order valence-corrected chi connectivity index (χ4v) is 5.73. The van der Waals surface area contributed by atoms with Gasteiger partial charge in [0.25, 0.3) is 0 Å². The van der Waals surface area contributed by atoms with Crippen molar-refractivity contribution in [2.75, 3.05) is 37.6 Å². The minimum Gasteiger partial charge on any atom is -0.493 e. The van der Waals surface area contributed by atoms with E-state index in [2.05, 4.69) is 28.8 Å². The maximum atomic E-state index is 12.6. The number of aromatic nitrogens is 4. The van der Waals surface area contributed by atoms with Crippen molar-refractivity contribution >= 4 is 36.8 Å². The van der Waals surface area contributed by atoms with Crippen molar-refractivity contribution in [3.63, 3.8) is 0 Å². The van der Waals surface area contributed by atoms with Crippen LogP contribution < -0.4 is 10.5 Å². The normalized spacial score (nSPS) is 12.7. The largest absolute Gasteiger partial charge is 0.493 e. The van der Waals surface area contributed by atoms with Crippen LogP contribution in [0.1, 0.15) is 13.8 Å². The number of hydrogen-bond donors (Lipinski definition) is 1. The molecule has 0 aliphatic heterocycles. The smallest absolute Gasteiger partial charge is 0.392 e. The van der Waals surface area contributed by atoms with Gasteiger partial charge >= 0.3 is 12.4 Å². The highest BCUT2D eigenvalue weighted by atomic mass is 32.2. The van der Waals surface area contributed by atoms with E-state index in [4.69, 9.17) is 15.2 Å². The van der Waals surface area contributed by atoms with E-state index in [9.17, 15) is 26.3 Å². The molecule has 204 valence electrons.